The minimum atomic E-state index is -0.961. The molecule has 2 aliphatic rings. The highest BCUT2D eigenvalue weighted by Crippen LogP contribution is 2.35. The molecule has 0 bridgehead atoms. The quantitative estimate of drug-likeness (QED) is 0.532. The number of aliphatic hydroxyl groups is 3. The molecule has 0 aromatic carbocycles. The van der Waals surface area contributed by atoms with Crippen LogP contribution in [0.4, 0.5) is 0 Å². The molecule has 6 nitrogen and oxygen atoms in total. The first-order chi connectivity index (χ1) is 7.60. The minimum Gasteiger partial charge on any atom is -0.459 e. The fraction of sp³-hybridized carbons (Fsp3) is 0.900. The van der Waals surface area contributed by atoms with Gasteiger partial charge in [0, 0.05) is 13.6 Å². The summed E-state index contributed by atoms with van der Waals surface area (Å²) in [7, 11) is 1.84. The van der Waals surface area contributed by atoms with Gasteiger partial charge < -0.3 is 25.0 Å². The van der Waals surface area contributed by atoms with Gasteiger partial charge in [-0.2, -0.15) is 0 Å². The van der Waals surface area contributed by atoms with E-state index in [0.717, 1.165) is 6.54 Å². The maximum Gasteiger partial charge on any atom is 0.287 e. The Morgan fingerprint density at radius 3 is 2.62 bits per heavy atom. The number of aliphatic imine (C=N–C) groups is 1. The number of amidine groups is 1. The largest absolute Gasteiger partial charge is 0.459 e. The van der Waals surface area contributed by atoms with E-state index < -0.39 is 30.3 Å². The standard InChI is InChI=1S/C10H18N2O4/c1-3-12(2)10-11-6-8(15)7(14)5(4-13)9(6)16-10/h5-9,13-15H,3-4H2,1-2H3/t5-,6-,7-,8-,9+/m1/s1. The van der Waals surface area contributed by atoms with Gasteiger partial charge in [0.15, 0.2) is 0 Å². The third-order valence-corrected chi connectivity index (χ3v) is 3.41. The molecule has 0 saturated heterocycles. The molecule has 5 atom stereocenters. The van der Waals surface area contributed by atoms with E-state index >= 15 is 0 Å². The zero-order valence-corrected chi connectivity index (χ0v) is 9.45. The average molecular weight is 230 g/mol. The second kappa shape index (κ2) is 4.20. The van der Waals surface area contributed by atoms with Crippen LogP contribution in [0.15, 0.2) is 4.99 Å². The Kier molecular flexibility index (Phi) is 3.05. The molecule has 0 spiro atoms. The lowest BCUT2D eigenvalue weighted by atomic mass is 10.1. The van der Waals surface area contributed by atoms with E-state index in [1.807, 2.05) is 18.9 Å². The van der Waals surface area contributed by atoms with Crippen molar-refractivity contribution in [1.29, 1.82) is 0 Å². The number of hydrogen-bond acceptors (Lipinski definition) is 6. The van der Waals surface area contributed by atoms with Gasteiger partial charge in [0.25, 0.3) is 6.02 Å². The fourth-order valence-corrected chi connectivity index (χ4v) is 2.22. The van der Waals surface area contributed by atoms with Gasteiger partial charge in [-0.15, -0.1) is 0 Å². The Balaban J connectivity index is 2.15. The maximum atomic E-state index is 9.77. The summed E-state index contributed by atoms with van der Waals surface area (Å²) in [6, 6.07) is 0.0121. The molecule has 16 heavy (non-hydrogen) atoms. The van der Waals surface area contributed by atoms with Crippen LogP contribution in [0.1, 0.15) is 6.92 Å². The molecule has 0 unspecified atom stereocenters. The van der Waals surface area contributed by atoms with Crippen LogP contribution in [-0.2, 0) is 4.74 Å². The molecule has 0 amide bonds. The Bertz CT molecular complexity index is 297. The zero-order chi connectivity index (χ0) is 11.9. The molecular weight excluding hydrogens is 212 g/mol. The average Bonchev–Trinajstić information content (AvgIpc) is 2.80. The maximum absolute atomic E-state index is 9.77. The van der Waals surface area contributed by atoms with Gasteiger partial charge in [0.1, 0.15) is 18.2 Å². The molecule has 1 heterocycles. The highest BCUT2D eigenvalue weighted by Gasteiger charge is 2.54. The lowest BCUT2D eigenvalue weighted by molar-refractivity contribution is -0.00829. The van der Waals surface area contributed by atoms with E-state index in [4.69, 9.17) is 9.84 Å². The summed E-state index contributed by atoms with van der Waals surface area (Å²) in [5, 5.41) is 28.6. The van der Waals surface area contributed by atoms with Crippen LogP contribution in [0.5, 0.6) is 0 Å². The van der Waals surface area contributed by atoms with E-state index in [1.165, 1.54) is 0 Å². The van der Waals surface area contributed by atoms with E-state index in [1.54, 1.807) is 0 Å². The third kappa shape index (κ3) is 1.57. The molecule has 0 aromatic rings. The number of hydrogen-bond donors (Lipinski definition) is 3. The van der Waals surface area contributed by atoms with Crippen molar-refractivity contribution < 1.29 is 20.1 Å². The molecular formula is C10H18N2O4. The zero-order valence-electron chi connectivity index (χ0n) is 9.45. The molecule has 0 radical (unpaired) electrons. The van der Waals surface area contributed by atoms with Crippen LogP contribution in [-0.4, -0.2) is 70.8 Å². The number of nitrogens with zero attached hydrogens (tertiary/aromatic N) is 2. The summed E-state index contributed by atoms with van der Waals surface area (Å²) in [6.45, 7) is 2.51. The highest BCUT2D eigenvalue weighted by molar-refractivity contribution is 5.76. The summed E-state index contributed by atoms with van der Waals surface area (Å²) in [6.07, 6.45) is -2.33. The molecule has 3 N–H and O–H groups in total. The fourth-order valence-electron chi connectivity index (χ4n) is 2.22. The normalized spacial score (nSPS) is 41.6. The van der Waals surface area contributed by atoms with Gasteiger partial charge in [-0.3, -0.25) is 0 Å². The first kappa shape index (κ1) is 11.6. The molecule has 92 valence electrons. The van der Waals surface area contributed by atoms with Crippen molar-refractivity contribution in [3.63, 3.8) is 0 Å². The van der Waals surface area contributed by atoms with Crippen LogP contribution < -0.4 is 0 Å². The number of fused-ring (bicyclic) bond motifs is 1. The molecule has 1 aliphatic carbocycles. The second-order valence-corrected chi connectivity index (χ2v) is 4.33. The van der Waals surface area contributed by atoms with E-state index in [9.17, 15) is 10.2 Å². The SMILES string of the molecule is CCN(C)C1=N[C@@H]2[C@@H](O)[C@H](O)[C@@H](CO)[C@@H]2O1. The van der Waals surface area contributed by atoms with Crippen LogP contribution >= 0.6 is 0 Å². The highest BCUT2D eigenvalue weighted by atomic mass is 16.5. The van der Waals surface area contributed by atoms with E-state index in [2.05, 4.69) is 4.99 Å². The van der Waals surface area contributed by atoms with E-state index in [-0.39, 0.29) is 6.61 Å². The van der Waals surface area contributed by atoms with Crippen molar-refractivity contribution in [2.75, 3.05) is 20.2 Å². The van der Waals surface area contributed by atoms with Gasteiger partial charge in [0.05, 0.1) is 18.6 Å². The number of aliphatic hydroxyl groups excluding tert-OH is 3. The van der Waals surface area contributed by atoms with Crippen molar-refractivity contribution in [2.45, 2.75) is 31.3 Å². The first-order valence-corrected chi connectivity index (χ1v) is 5.52. The van der Waals surface area contributed by atoms with Crippen molar-refractivity contribution >= 4 is 6.02 Å². The first-order valence-electron chi connectivity index (χ1n) is 5.52. The predicted molar refractivity (Wildman–Crippen MR) is 57.0 cm³/mol. The van der Waals surface area contributed by atoms with E-state index in [0.29, 0.717) is 6.02 Å². The van der Waals surface area contributed by atoms with Crippen LogP contribution in [0.25, 0.3) is 0 Å². The molecule has 2 rings (SSSR count). The minimum absolute atomic E-state index is 0.210. The van der Waals surface area contributed by atoms with Crippen molar-refractivity contribution in [3.8, 4) is 0 Å². The predicted octanol–water partition coefficient (Wildman–Crippen LogP) is -1.59. The lowest BCUT2D eigenvalue weighted by Gasteiger charge is -2.22. The van der Waals surface area contributed by atoms with Crippen LogP contribution in [0.3, 0.4) is 0 Å². The van der Waals surface area contributed by atoms with Crippen molar-refractivity contribution in [3.05, 3.63) is 0 Å². The monoisotopic (exact) mass is 230 g/mol. The Morgan fingerprint density at radius 2 is 2.06 bits per heavy atom. The molecule has 6 heteroatoms. The molecule has 1 saturated carbocycles. The summed E-state index contributed by atoms with van der Waals surface area (Å²) in [4.78, 5) is 6.07. The summed E-state index contributed by atoms with van der Waals surface area (Å²) < 4.78 is 5.58. The van der Waals surface area contributed by atoms with Crippen LogP contribution in [0.2, 0.25) is 0 Å². The van der Waals surface area contributed by atoms with Gasteiger partial charge >= 0.3 is 0 Å². The van der Waals surface area contributed by atoms with Gasteiger partial charge in [-0.1, -0.05) is 0 Å². The Labute approximate surface area is 94.2 Å². The molecule has 1 aliphatic heterocycles. The topological polar surface area (TPSA) is 85.5 Å². The van der Waals surface area contributed by atoms with Gasteiger partial charge in [-0.25, -0.2) is 4.99 Å². The smallest absolute Gasteiger partial charge is 0.287 e. The number of ether oxygens (including phenoxy) is 1. The molecule has 1 fully saturated rings. The third-order valence-electron chi connectivity index (χ3n) is 3.41. The van der Waals surface area contributed by atoms with Gasteiger partial charge in [-0.05, 0) is 6.92 Å². The van der Waals surface area contributed by atoms with Crippen LogP contribution in [0, 0.1) is 5.92 Å². The number of rotatable bonds is 2. The van der Waals surface area contributed by atoms with Gasteiger partial charge in [0.2, 0.25) is 0 Å². The lowest BCUT2D eigenvalue weighted by Crippen LogP contribution is -2.35. The summed E-state index contributed by atoms with van der Waals surface area (Å²) in [5.74, 6) is -0.466. The summed E-state index contributed by atoms with van der Waals surface area (Å²) in [5.41, 5.74) is 0. The van der Waals surface area contributed by atoms with Crippen molar-refractivity contribution in [1.82, 2.24) is 4.90 Å². The second-order valence-electron chi connectivity index (χ2n) is 4.33. The van der Waals surface area contributed by atoms with Crippen molar-refractivity contribution in [2.24, 2.45) is 10.9 Å². The Hall–Kier alpha value is -0.850. The Morgan fingerprint density at radius 1 is 1.38 bits per heavy atom. The molecule has 0 aromatic heterocycles. The summed E-state index contributed by atoms with van der Waals surface area (Å²) >= 11 is 0.